The highest BCUT2D eigenvalue weighted by atomic mass is 32.2. The van der Waals surface area contributed by atoms with Crippen LogP contribution in [0.3, 0.4) is 0 Å². The number of fused-ring (bicyclic) bond motifs is 1. The second kappa shape index (κ2) is 9.91. The molecule has 29 heavy (non-hydrogen) atoms. The van der Waals surface area contributed by atoms with Gasteiger partial charge in [0.05, 0.1) is 5.75 Å². The van der Waals surface area contributed by atoms with Crippen LogP contribution in [-0.4, -0.2) is 59.4 Å². The van der Waals surface area contributed by atoms with Crippen molar-refractivity contribution < 1.29 is 23.7 Å². The fraction of sp³-hybridized carbons (Fsp3) is 0.294. The molecule has 2 aromatic heterocycles. The second-order valence-electron chi connectivity index (χ2n) is 5.60. The molecule has 0 unspecified atom stereocenters. The number of imidazole rings is 1. The molecule has 154 valence electrons. The van der Waals surface area contributed by atoms with E-state index in [0.717, 1.165) is 0 Å². The Morgan fingerprint density at radius 3 is 2.66 bits per heavy atom. The average Bonchev–Trinajstić information content (AvgIpc) is 3.14. The number of anilines is 2. The van der Waals surface area contributed by atoms with Crippen LogP contribution in [0.25, 0.3) is 11.2 Å². The highest BCUT2D eigenvalue weighted by Crippen LogP contribution is 2.31. The maximum atomic E-state index is 12.3. The number of carbonyl (C=O) groups is 1. The van der Waals surface area contributed by atoms with E-state index in [1.54, 1.807) is 18.2 Å². The SMILES string of the molecule is COCOc1ccc(NC(=O)CSc2nc3ncnc(N)c3[nH]2)cc1OCOC. The number of ether oxygens (including phenoxy) is 4. The van der Waals surface area contributed by atoms with Crippen molar-refractivity contribution in [2.75, 3.05) is 44.6 Å². The van der Waals surface area contributed by atoms with Crippen LogP contribution in [0.5, 0.6) is 11.5 Å². The third-order valence-electron chi connectivity index (χ3n) is 3.53. The summed E-state index contributed by atoms with van der Waals surface area (Å²) < 4.78 is 20.7. The molecular formula is C17H20N6O5S. The first-order chi connectivity index (χ1) is 14.1. The summed E-state index contributed by atoms with van der Waals surface area (Å²) in [7, 11) is 3.03. The summed E-state index contributed by atoms with van der Waals surface area (Å²) in [5.74, 6) is 1.09. The van der Waals surface area contributed by atoms with Gasteiger partial charge in [-0.15, -0.1) is 0 Å². The lowest BCUT2D eigenvalue weighted by Crippen LogP contribution is -2.14. The Kier molecular flexibility index (Phi) is 7.05. The van der Waals surface area contributed by atoms with E-state index in [-0.39, 0.29) is 25.2 Å². The molecule has 0 aliphatic rings. The van der Waals surface area contributed by atoms with Crippen LogP contribution in [0, 0.1) is 0 Å². The Morgan fingerprint density at radius 2 is 1.93 bits per heavy atom. The molecule has 0 aliphatic heterocycles. The third kappa shape index (κ3) is 5.47. The number of amides is 1. The zero-order chi connectivity index (χ0) is 20.6. The van der Waals surface area contributed by atoms with Crippen molar-refractivity contribution in [2.45, 2.75) is 5.16 Å². The van der Waals surface area contributed by atoms with Gasteiger partial charge in [0.1, 0.15) is 11.8 Å². The topological polar surface area (TPSA) is 146 Å². The molecule has 0 atom stereocenters. The molecule has 0 saturated heterocycles. The molecule has 3 rings (SSSR count). The highest BCUT2D eigenvalue weighted by molar-refractivity contribution is 7.99. The van der Waals surface area contributed by atoms with E-state index in [9.17, 15) is 4.79 Å². The van der Waals surface area contributed by atoms with Crippen LogP contribution < -0.4 is 20.5 Å². The van der Waals surface area contributed by atoms with Crippen molar-refractivity contribution in [3.8, 4) is 11.5 Å². The number of aromatic nitrogens is 4. The molecule has 0 saturated carbocycles. The van der Waals surface area contributed by atoms with E-state index in [4.69, 9.17) is 24.7 Å². The van der Waals surface area contributed by atoms with Crippen molar-refractivity contribution in [1.82, 2.24) is 19.9 Å². The summed E-state index contributed by atoms with van der Waals surface area (Å²) >= 11 is 1.22. The number of rotatable bonds is 10. The van der Waals surface area contributed by atoms with Crippen molar-refractivity contribution in [2.24, 2.45) is 0 Å². The number of nitrogens with two attached hydrogens (primary N) is 1. The molecule has 4 N–H and O–H groups in total. The first-order valence-electron chi connectivity index (χ1n) is 8.37. The molecule has 1 aromatic carbocycles. The Hall–Kier alpha value is -3.09. The fourth-order valence-corrected chi connectivity index (χ4v) is 2.95. The van der Waals surface area contributed by atoms with Crippen LogP contribution >= 0.6 is 11.8 Å². The number of aromatic amines is 1. The molecule has 0 aliphatic carbocycles. The first-order valence-corrected chi connectivity index (χ1v) is 9.35. The van der Waals surface area contributed by atoms with Crippen LogP contribution in [0.1, 0.15) is 0 Å². The smallest absolute Gasteiger partial charge is 0.234 e. The highest BCUT2D eigenvalue weighted by Gasteiger charge is 2.12. The van der Waals surface area contributed by atoms with E-state index < -0.39 is 0 Å². The van der Waals surface area contributed by atoms with Gasteiger partial charge in [-0.3, -0.25) is 4.79 Å². The van der Waals surface area contributed by atoms with Gasteiger partial charge in [0.25, 0.3) is 0 Å². The lowest BCUT2D eigenvalue weighted by Gasteiger charge is -2.13. The van der Waals surface area contributed by atoms with Crippen LogP contribution in [0.15, 0.2) is 29.7 Å². The summed E-state index contributed by atoms with van der Waals surface area (Å²) in [4.78, 5) is 27.5. The number of benzene rings is 1. The number of nitrogens with zero attached hydrogens (tertiary/aromatic N) is 3. The van der Waals surface area contributed by atoms with Gasteiger partial charge in [-0.05, 0) is 12.1 Å². The first kappa shape index (κ1) is 20.6. The van der Waals surface area contributed by atoms with Gasteiger partial charge in [-0.2, -0.15) is 0 Å². The van der Waals surface area contributed by atoms with Crippen molar-refractivity contribution >= 4 is 40.3 Å². The largest absolute Gasteiger partial charge is 0.464 e. The van der Waals surface area contributed by atoms with Gasteiger partial charge in [0.2, 0.25) is 5.91 Å². The molecule has 2 heterocycles. The molecule has 12 heteroatoms. The van der Waals surface area contributed by atoms with Gasteiger partial charge in [0.15, 0.2) is 41.7 Å². The van der Waals surface area contributed by atoms with E-state index in [1.807, 2.05) is 0 Å². The van der Waals surface area contributed by atoms with Crippen LogP contribution in [-0.2, 0) is 14.3 Å². The van der Waals surface area contributed by atoms with Crippen molar-refractivity contribution in [3.63, 3.8) is 0 Å². The summed E-state index contributed by atoms with van der Waals surface area (Å²) in [6.07, 6.45) is 1.34. The summed E-state index contributed by atoms with van der Waals surface area (Å²) in [6.45, 7) is 0.104. The molecule has 0 radical (unpaired) electrons. The number of nitrogen functional groups attached to an aromatic ring is 1. The lowest BCUT2D eigenvalue weighted by molar-refractivity contribution is -0.113. The Balaban J connectivity index is 1.62. The number of hydrogen-bond acceptors (Lipinski definition) is 10. The molecule has 0 bridgehead atoms. The number of thioether (sulfide) groups is 1. The molecule has 0 spiro atoms. The maximum Gasteiger partial charge on any atom is 0.234 e. The fourth-order valence-electron chi connectivity index (χ4n) is 2.29. The predicted octanol–water partition coefficient (Wildman–Crippen LogP) is 1.63. The molecule has 3 aromatic rings. The summed E-state index contributed by atoms with van der Waals surface area (Å²) in [5.41, 5.74) is 7.31. The molecule has 0 fully saturated rings. The monoisotopic (exact) mass is 420 g/mol. The normalized spacial score (nSPS) is 10.8. The summed E-state index contributed by atoms with van der Waals surface area (Å²) in [6, 6.07) is 5.02. The van der Waals surface area contributed by atoms with Crippen LogP contribution in [0.2, 0.25) is 0 Å². The van der Waals surface area contributed by atoms with Crippen LogP contribution in [0.4, 0.5) is 11.5 Å². The Bertz CT molecular complexity index is 982. The molecule has 1 amide bonds. The zero-order valence-corrected chi connectivity index (χ0v) is 16.6. The van der Waals surface area contributed by atoms with E-state index in [1.165, 1.54) is 32.3 Å². The number of hydrogen-bond donors (Lipinski definition) is 3. The second-order valence-corrected chi connectivity index (χ2v) is 6.56. The Morgan fingerprint density at radius 1 is 1.17 bits per heavy atom. The van der Waals surface area contributed by atoms with Crippen molar-refractivity contribution in [3.05, 3.63) is 24.5 Å². The summed E-state index contributed by atoms with van der Waals surface area (Å²) in [5, 5.41) is 3.32. The minimum Gasteiger partial charge on any atom is -0.464 e. The van der Waals surface area contributed by atoms with Crippen molar-refractivity contribution in [1.29, 1.82) is 0 Å². The third-order valence-corrected chi connectivity index (χ3v) is 4.40. The standard InChI is InChI=1S/C17H20N6O5S/c1-25-8-27-11-4-3-10(5-12(11)28-9-26-2)21-13(24)6-29-17-22-14-15(18)19-7-20-16(14)23-17/h3-5,7H,6,8-9H2,1-2H3,(H,21,24)(H3,18,19,20,22,23). The van der Waals surface area contributed by atoms with Gasteiger partial charge in [-0.1, -0.05) is 11.8 Å². The minimum atomic E-state index is -0.224. The van der Waals surface area contributed by atoms with Gasteiger partial charge >= 0.3 is 0 Å². The van der Waals surface area contributed by atoms with E-state index in [2.05, 4.69) is 25.3 Å². The number of methoxy groups -OCH3 is 2. The number of nitrogens with one attached hydrogen (secondary N) is 2. The number of carbonyl (C=O) groups excluding carboxylic acids is 1. The molecule has 11 nitrogen and oxygen atoms in total. The minimum absolute atomic E-state index is 0.0364. The van der Waals surface area contributed by atoms with E-state index in [0.29, 0.717) is 39.3 Å². The quantitative estimate of drug-likeness (QED) is 0.326. The van der Waals surface area contributed by atoms with Gasteiger partial charge in [0, 0.05) is 26.0 Å². The lowest BCUT2D eigenvalue weighted by atomic mass is 10.2. The zero-order valence-electron chi connectivity index (χ0n) is 15.8. The van der Waals surface area contributed by atoms with Gasteiger partial charge < -0.3 is 35.0 Å². The average molecular weight is 420 g/mol. The molecular weight excluding hydrogens is 400 g/mol. The number of H-pyrrole nitrogens is 1. The Labute approximate surface area is 170 Å². The maximum absolute atomic E-state index is 12.3. The van der Waals surface area contributed by atoms with E-state index >= 15 is 0 Å². The predicted molar refractivity (Wildman–Crippen MR) is 107 cm³/mol. The van der Waals surface area contributed by atoms with Gasteiger partial charge in [-0.25, -0.2) is 15.0 Å².